The van der Waals surface area contributed by atoms with Crippen LogP contribution in [0.25, 0.3) is 55.8 Å². The summed E-state index contributed by atoms with van der Waals surface area (Å²) in [6.07, 6.45) is 9.08. The van der Waals surface area contributed by atoms with Crippen LogP contribution >= 0.6 is 0 Å². The van der Waals surface area contributed by atoms with Gasteiger partial charge in [0.1, 0.15) is 16.9 Å². The second-order valence-corrected chi connectivity index (χ2v) is 8.47. The van der Waals surface area contributed by atoms with Crippen LogP contribution in [-0.4, -0.2) is 41.2 Å². The number of H-pyrrole nitrogens is 2. The molecule has 0 fully saturated rings. The molecule has 6 aromatic rings. The predicted octanol–water partition coefficient (Wildman–Crippen LogP) is 5.45. The quantitative estimate of drug-likeness (QED) is 0.325. The first-order valence-electron chi connectivity index (χ1n) is 11.1. The number of pyridine rings is 4. The Morgan fingerprint density at radius 1 is 0.912 bits per heavy atom. The third-order valence-electron chi connectivity index (χ3n) is 5.66. The van der Waals surface area contributed by atoms with Crippen molar-refractivity contribution in [1.82, 2.24) is 35.1 Å². The maximum Gasteiger partial charge on any atom is 0.138 e. The Morgan fingerprint density at radius 3 is 2.68 bits per heavy atom. The monoisotopic (exact) mass is 446 g/mol. The summed E-state index contributed by atoms with van der Waals surface area (Å²) in [4.78, 5) is 21.5. The summed E-state index contributed by atoms with van der Waals surface area (Å²) < 4.78 is 0. The molecule has 166 valence electrons. The van der Waals surface area contributed by atoms with Gasteiger partial charge in [-0.2, -0.15) is 5.10 Å². The molecule has 6 rings (SSSR count). The normalized spacial score (nSPS) is 11.5. The molecular weight excluding hydrogens is 424 g/mol. The van der Waals surface area contributed by atoms with Crippen molar-refractivity contribution < 1.29 is 0 Å². The van der Waals surface area contributed by atoms with E-state index in [4.69, 9.17) is 4.98 Å². The maximum absolute atomic E-state index is 4.94. The number of aromatic amines is 2. The van der Waals surface area contributed by atoms with Gasteiger partial charge in [-0.05, 0) is 55.8 Å². The van der Waals surface area contributed by atoms with Gasteiger partial charge < -0.3 is 10.3 Å². The number of nitrogens with zero attached hydrogens (tertiary/aromatic N) is 5. The molecular formula is C26H22N8. The van der Waals surface area contributed by atoms with Gasteiger partial charge in [-0.25, -0.2) is 9.97 Å². The first-order chi connectivity index (χ1) is 16.7. The molecule has 0 bridgehead atoms. The van der Waals surface area contributed by atoms with Gasteiger partial charge in [-0.1, -0.05) is 6.07 Å². The van der Waals surface area contributed by atoms with Crippen molar-refractivity contribution in [2.24, 2.45) is 0 Å². The molecule has 0 radical (unpaired) electrons. The van der Waals surface area contributed by atoms with E-state index in [2.05, 4.69) is 61.4 Å². The average Bonchev–Trinajstić information content (AvgIpc) is 3.48. The smallest absolute Gasteiger partial charge is 0.138 e. The van der Waals surface area contributed by atoms with Crippen LogP contribution in [0.15, 0.2) is 73.4 Å². The molecule has 0 spiro atoms. The van der Waals surface area contributed by atoms with E-state index in [1.807, 2.05) is 48.9 Å². The number of fused-ring (bicyclic) bond motifs is 2. The molecule has 0 saturated heterocycles. The minimum absolute atomic E-state index is 0.320. The van der Waals surface area contributed by atoms with E-state index in [0.717, 1.165) is 61.5 Å². The van der Waals surface area contributed by atoms with Crippen LogP contribution in [-0.2, 0) is 0 Å². The van der Waals surface area contributed by atoms with Crippen LogP contribution in [0.3, 0.4) is 0 Å². The fraction of sp³-hybridized carbons (Fsp3) is 0.115. The van der Waals surface area contributed by atoms with Crippen molar-refractivity contribution in [3.63, 3.8) is 0 Å². The average molecular weight is 447 g/mol. The summed E-state index contributed by atoms with van der Waals surface area (Å²) in [5.41, 5.74) is 8.88. The second-order valence-electron chi connectivity index (χ2n) is 8.47. The number of nitrogens with one attached hydrogen (secondary N) is 3. The van der Waals surface area contributed by atoms with E-state index in [9.17, 15) is 0 Å². The Bertz CT molecular complexity index is 1610. The Hall–Kier alpha value is -4.59. The summed E-state index contributed by atoms with van der Waals surface area (Å²) in [5, 5.41) is 12.1. The number of hydrogen-bond acceptors (Lipinski definition) is 6. The number of rotatable bonds is 5. The zero-order valence-corrected chi connectivity index (χ0v) is 18.7. The summed E-state index contributed by atoms with van der Waals surface area (Å²) in [6, 6.07) is 14.4. The van der Waals surface area contributed by atoms with E-state index in [1.54, 1.807) is 12.4 Å². The van der Waals surface area contributed by atoms with Gasteiger partial charge in [-0.3, -0.25) is 15.1 Å². The number of anilines is 1. The molecule has 0 unspecified atom stereocenters. The predicted molar refractivity (Wildman–Crippen MR) is 134 cm³/mol. The minimum atomic E-state index is 0.320. The largest absolute Gasteiger partial charge is 0.382 e. The van der Waals surface area contributed by atoms with Gasteiger partial charge in [0.2, 0.25) is 0 Å². The van der Waals surface area contributed by atoms with Crippen molar-refractivity contribution in [2.45, 2.75) is 19.9 Å². The van der Waals surface area contributed by atoms with Crippen LogP contribution in [0.1, 0.15) is 13.8 Å². The maximum atomic E-state index is 4.94. The number of hydrogen-bond donors (Lipinski definition) is 3. The van der Waals surface area contributed by atoms with Crippen molar-refractivity contribution in [2.75, 3.05) is 5.32 Å². The van der Waals surface area contributed by atoms with Gasteiger partial charge in [-0.15, -0.1) is 0 Å². The molecule has 8 nitrogen and oxygen atoms in total. The van der Waals surface area contributed by atoms with Crippen LogP contribution in [0.2, 0.25) is 0 Å². The Kier molecular flexibility index (Phi) is 4.76. The molecule has 0 aliphatic carbocycles. The highest BCUT2D eigenvalue weighted by molar-refractivity contribution is 5.98. The first-order valence-corrected chi connectivity index (χ1v) is 11.1. The standard InChI is InChI=1S/C26H22N8/c1-15(2)30-18-10-17(13-28-14-18)21-5-6-22-24(31-21)25(34-33-22)23-11-20-19(7-9-29-26(20)32-23)16-4-3-8-27-12-16/h3-15,30H,1-2H3,(H,29,32)(H,33,34). The number of aromatic nitrogens is 7. The molecule has 8 heteroatoms. The highest BCUT2D eigenvalue weighted by Crippen LogP contribution is 2.33. The van der Waals surface area contributed by atoms with Crippen LogP contribution in [0, 0.1) is 0 Å². The molecule has 6 heterocycles. The lowest BCUT2D eigenvalue weighted by Crippen LogP contribution is -2.09. The lowest BCUT2D eigenvalue weighted by atomic mass is 10.1. The molecule has 0 aliphatic heterocycles. The minimum Gasteiger partial charge on any atom is -0.382 e. The van der Waals surface area contributed by atoms with Crippen molar-refractivity contribution in [1.29, 1.82) is 0 Å². The van der Waals surface area contributed by atoms with Gasteiger partial charge in [0.15, 0.2) is 0 Å². The van der Waals surface area contributed by atoms with Gasteiger partial charge >= 0.3 is 0 Å². The van der Waals surface area contributed by atoms with E-state index in [1.165, 1.54) is 0 Å². The fourth-order valence-electron chi connectivity index (χ4n) is 4.17. The third kappa shape index (κ3) is 3.55. The fourth-order valence-corrected chi connectivity index (χ4v) is 4.17. The summed E-state index contributed by atoms with van der Waals surface area (Å²) in [7, 11) is 0. The Labute approximate surface area is 195 Å². The summed E-state index contributed by atoms with van der Waals surface area (Å²) in [6.45, 7) is 4.20. The highest BCUT2D eigenvalue weighted by atomic mass is 15.1. The van der Waals surface area contributed by atoms with Crippen LogP contribution in [0.4, 0.5) is 5.69 Å². The molecule has 0 atom stereocenters. The van der Waals surface area contributed by atoms with Crippen molar-refractivity contribution in [3.8, 4) is 33.8 Å². The molecule has 0 saturated carbocycles. The van der Waals surface area contributed by atoms with Crippen molar-refractivity contribution >= 4 is 27.8 Å². The van der Waals surface area contributed by atoms with Gasteiger partial charge in [0.05, 0.1) is 22.6 Å². The molecule has 3 N–H and O–H groups in total. The lowest BCUT2D eigenvalue weighted by Gasteiger charge is -2.10. The highest BCUT2D eigenvalue weighted by Gasteiger charge is 2.16. The van der Waals surface area contributed by atoms with Crippen LogP contribution < -0.4 is 5.32 Å². The third-order valence-corrected chi connectivity index (χ3v) is 5.66. The molecule has 0 amide bonds. The molecule has 0 aromatic carbocycles. The van der Waals surface area contributed by atoms with Gasteiger partial charge in [0, 0.05) is 53.5 Å². The van der Waals surface area contributed by atoms with Gasteiger partial charge in [0.25, 0.3) is 0 Å². The molecule has 0 aliphatic rings. The Balaban J connectivity index is 1.45. The van der Waals surface area contributed by atoms with E-state index in [0.29, 0.717) is 6.04 Å². The van der Waals surface area contributed by atoms with Crippen LogP contribution in [0.5, 0.6) is 0 Å². The van der Waals surface area contributed by atoms with E-state index < -0.39 is 0 Å². The lowest BCUT2D eigenvalue weighted by molar-refractivity contribution is 0.898. The second kappa shape index (κ2) is 8.08. The topological polar surface area (TPSA) is 108 Å². The zero-order valence-electron chi connectivity index (χ0n) is 18.7. The summed E-state index contributed by atoms with van der Waals surface area (Å²) >= 11 is 0. The van der Waals surface area contributed by atoms with Crippen molar-refractivity contribution in [3.05, 3.63) is 73.4 Å². The summed E-state index contributed by atoms with van der Waals surface area (Å²) in [5.74, 6) is 0. The first kappa shape index (κ1) is 20.0. The van der Waals surface area contributed by atoms with E-state index in [-0.39, 0.29) is 0 Å². The SMILES string of the molecule is CC(C)Nc1cncc(-c2ccc3[nH]nc(-c4cc5c(-c6cccnc6)ccnc5[nH]4)c3n2)c1. The molecule has 6 aromatic heterocycles. The zero-order chi connectivity index (χ0) is 23.1. The Morgan fingerprint density at radius 2 is 1.82 bits per heavy atom. The molecule has 34 heavy (non-hydrogen) atoms. The van der Waals surface area contributed by atoms with E-state index >= 15 is 0 Å².